The van der Waals surface area contributed by atoms with E-state index in [1.807, 2.05) is 0 Å². The maximum absolute atomic E-state index is 12.1. The van der Waals surface area contributed by atoms with Gasteiger partial charge in [0.15, 0.2) is 0 Å². The van der Waals surface area contributed by atoms with E-state index in [2.05, 4.69) is 13.8 Å². The van der Waals surface area contributed by atoms with E-state index < -0.39 is 0 Å². The quantitative estimate of drug-likeness (QED) is 0.535. The van der Waals surface area contributed by atoms with Crippen LogP contribution in [0.4, 0.5) is 0 Å². The summed E-state index contributed by atoms with van der Waals surface area (Å²) >= 11 is 0. The van der Waals surface area contributed by atoms with Crippen LogP contribution in [0.1, 0.15) is 75.3 Å². The molecule has 2 saturated carbocycles. The summed E-state index contributed by atoms with van der Waals surface area (Å²) in [4.78, 5) is 24.2. The zero-order valence-corrected chi connectivity index (χ0v) is 12.4. The molecule has 0 aromatic heterocycles. The summed E-state index contributed by atoms with van der Waals surface area (Å²) in [5.41, 5.74) is 4.65. The Hall–Kier alpha value is -1.18. The van der Waals surface area contributed by atoms with Crippen molar-refractivity contribution in [2.75, 3.05) is 0 Å². The predicted octanol–water partition coefficient (Wildman–Crippen LogP) is 3.40. The summed E-state index contributed by atoms with van der Waals surface area (Å²) in [6.45, 7) is 4.56. The molecule has 3 aliphatic rings. The highest BCUT2D eigenvalue weighted by Crippen LogP contribution is 2.53. The Kier molecular flexibility index (Phi) is 2.61. The fourth-order valence-corrected chi connectivity index (χ4v) is 4.95. The van der Waals surface area contributed by atoms with E-state index in [-0.39, 0.29) is 10.9 Å². The van der Waals surface area contributed by atoms with Gasteiger partial charge in [-0.15, -0.1) is 0 Å². The van der Waals surface area contributed by atoms with Gasteiger partial charge >= 0.3 is 0 Å². The molecule has 0 aliphatic heterocycles. The van der Waals surface area contributed by atoms with Crippen molar-refractivity contribution in [2.45, 2.75) is 64.2 Å². The highest BCUT2D eigenvalue weighted by Gasteiger charge is 2.44. The van der Waals surface area contributed by atoms with Gasteiger partial charge in [-0.2, -0.15) is 0 Å². The molecular weight excluding hydrogens is 248 g/mol. The predicted molar refractivity (Wildman–Crippen MR) is 79.9 cm³/mol. The molecule has 4 atom stereocenters. The molecule has 106 valence electrons. The molecular formula is C18H22O2. The van der Waals surface area contributed by atoms with Crippen LogP contribution in [0.5, 0.6) is 0 Å². The van der Waals surface area contributed by atoms with Crippen LogP contribution in [-0.4, -0.2) is 0 Å². The lowest BCUT2D eigenvalue weighted by atomic mass is 9.59. The van der Waals surface area contributed by atoms with E-state index in [0.717, 1.165) is 36.8 Å². The lowest BCUT2D eigenvalue weighted by molar-refractivity contribution is 0.352. The average Bonchev–Trinajstić information content (AvgIpc) is 2.44. The van der Waals surface area contributed by atoms with Gasteiger partial charge in [-0.3, -0.25) is 9.59 Å². The maximum atomic E-state index is 12.1. The van der Waals surface area contributed by atoms with E-state index in [1.165, 1.54) is 12.8 Å². The fourth-order valence-electron chi connectivity index (χ4n) is 4.95. The van der Waals surface area contributed by atoms with Gasteiger partial charge in [0.25, 0.3) is 0 Å². The van der Waals surface area contributed by atoms with Gasteiger partial charge in [-0.25, -0.2) is 0 Å². The Balaban J connectivity index is 1.88. The third-order valence-corrected chi connectivity index (χ3v) is 6.03. The molecule has 4 rings (SSSR count). The largest absolute Gasteiger partial charge is 0.285 e. The molecule has 0 unspecified atom stereocenters. The maximum Gasteiger partial charge on any atom is 0.230 e. The van der Waals surface area contributed by atoms with Crippen LogP contribution in [0.2, 0.25) is 0 Å². The summed E-state index contributed by atoms with van der Waals surface area (Å²) in [7, 11) is 0. The second-order valence-corrected chi connectivity index (χ2v) is 7.40. The first-order chi connectivity index (χ1) is 9.58. The van der Waals surface area contributed by atoms with Crippen molar-refractivity contribution in [3.05, 3.63) is 42.7 Å². The van der Waals surface area contributed by atoms with Crippen molar-refractivity contribution in [1.29, 1.82) is 0 Å². The standard InChI is InChI=1S/C18H22O2/c1-9-3-5-11-12-6-4-10(2)8-14(12)16-15(13(11)7-9)17(19)18(16)20/h9-10,13-14H,3-8H2,1-2H3/t9-,10+,13+,14-. The van der Waals surface area contributed by atoms with E-state index in [9.17, 15) is 9.59 Å². The van der Waals surface area contributed by atoms with Crippen molar-refractivity contribution >= 4 is 0 Å². The number of fused-ring (bicyclic) bond motifs is 5. The highest BCUT2D eigenvalue weighted by atomic mass is 16.2. The molecule has 2 heteroatoms. The third kappa shape index (κ3) is 1.51. The molecule has 0 heterocycles. The van der Waals surface area contributed by atoms with Crippen LogP contribution in [0.15, 0.2) is 20.7 Å². The molecule has 2 fully saturated rings. The van der Waals surface area contributed by atoms with Crippen LogP contribution in [0.25, 0.3) is 0 Å². The highest BCUT2D eigenvalue weighted by molar-refractivity contribution is 5.53. The Bertz CT molecular complexity index is 614. The van der Waals surface area contributed by atoms with Crippen molar-refractivity contribution in [3.8, 4) is 0 Å². The van der Waals surface area contributed by atoms with Crippen molar-refractivity contribution in [3.63, 3.8) is 0 Å². The molecule has 1 aromatic rings. The minimum atomic E-state index is -0.158. The van der Waals surface area contributed by atoms with Crippen LogP contribution in [0.3, 0.4) is 0 Å². The van der Waals surface area contributed by atoms with Crippen molar-refractivity contribution < 1.29 is 0 Å². The summed E-state index contributed by atoms with van der Waals surface area (Å²) in [6, 6.07) is 0. The fraction of sp³-hybridized carbons (Fsp3) is 0.667. The van der Waals surface area contributed by atoms with Gasteiger partial charge in [0, 0.05) is 23.0 Å². The second-order valence-electron chi connectivity index (χ2n) is 7.40. The summed E-state index contributed by atoms with van der Waals surface area (Å²) in [5.74, 6) is 1.97. The Labute approximate surface area is 119 Å². The molecule has 0 N–H and O–H groups in total. The molecule has 3 aliphatic carbocycles. The molecule has 0 radical (unpaired) electrons. The molecule has 0 amide bonds. The van der Waals surface area contributed by atoms with Gasteiger partial charge in [0.2, 0.25) is 10.9 Å². The molecule has 0 saturated heterocycles. The zero-order chi connectivity index (χ0) is 14.0. The molecule has 0 spiro atoms. The Morgan fingerprint density at radius 3 is 1.55 bits per heavy atom. The van der Waals surface area contributed by atoms with Crippen LogP contribution < -0.4 is 10.9 Å². The first kappa shape index (κ1) is 12.6. The van der Waals surface area contributed by atoms with Gasteiger partial charge in [-0.05, 0) is 50.4 Å². The van der Waals surface area contributed by atoms with Crippen LogP contribution >= 0.6 is 0 Å². The number of rotatable bonds is 0. The van der Waals surface area contributed by atoms with E-state index >= 15 is 0 Å². The zero-order valence-electron chi connectivity index (χ0n) is 12.4. The average molecular weight is 270 g/mol. The smallest absolute Gasteiger partial charge is 0.230 e. The molecule has 0 bridgehead atoms. The minimum Gasteiger partial charge on any atom is -0.285 e. The lowest BCUT2D eigenvalue weighted by Gasteiger charge is -2.43. The van der Waals surface area contributed by atoms with Crippen molar-refractivity contribution in [1.82, 2.24) is 0 Å². The van der Waals surface area contributed by atoms with E-state index in [1.54, 1.807) is 11.1 Å². The number of hydrogen-bond donors (Lipinski definition) is 0. The minimum absolute atomic E-state index is 0.158. The Morgan fingerprint density at radius 2 is 1.15 bits per heavy atom. The topological polar surface area (TPSA) is 34.1 Å². The first-order valence-electron chi connectivity index (χ1n) is 8.12. The molecule has 2 nitrogen and oxygen atoms in total. The van der Waals surface area contributed by atoms with Gasteiger partial charge in [0.1, 0.15) is 0 Å². The van der Waals surface area contributed by atoms with Crippen LogP contribution in [0, 0.1) is 11.8 Å². The first-order valence-corrected chi connectivity index (χ1v) is 8.12. The molecule has 20 heavy (non-hydrogen) atoms. The monoisotopic (exact) mass is 270 g/mol. The van der Waals surface area contributed by atoms with Gasteiger partial charge in [-0.1, -0.05) is 25.0 Å². The SMILES string of the molecule is C[C@@H]1CCC2=C3CC[C@H](C)C[C@H]3c3c(c(=O)c3=O)[C@H]2C1. The van der Waals surface area contributed by atoms with Gasteiger partial charge in [0.05, 0.1) is 0 Å². The third-order valence-electron chi connectivity index (χ3n) is 6.03. The summed E-state index contributed by atoms with van der Waals surface area (Å²) in [5, 5.41) is 0. The van der Waals surface area contributed by atoms with Crippen molar-refractivity contribution in [2.24, 2.45) is 11.8 Å². The summed E-state index contributed by atoms with van der Waals surface area (Å²) in [6.07, 6.45) is 6.98. The van der Waals surface area contributed by atoms with Gasteiger partial charge < -0.3 is 0 Å². The normalized spacial score (nSPS) is 36.5. The number of hydrogen-bond acceptors (Lipinski definition) is 2. The second kappa shape index (κ2) is 4.16. The van der Waals surface area contributed by atoms with E-state index in [4.69, 9.17) is 0 Å². The summed E-state index contributed by atoms with van der Waals surface area (Å²) < 4.78 is 0. The Morgan fingerprint density at radius 1 is 0.750 bits per heavy atom. The molecule has 1 aromatic carbocycles. The number of allylic oxidation sites excluding steroid dienone is 2. The lowest BCUT2D eigenvalue weighted by Crippen LogP contribution is -2.47. The van der Waals surface area contributed by atoms with Crippen LogP contribution in [-0.2, 0) is 0 Å². The van der Waals surface area contributed by atoms with E-state index in [0.29, 0.717) is 23.7 Å².